The molecule has 1 fully saturated rings. The molecule has 1 aliphatic carbocycles. The molecule has 2 unspecified atom stereocenters. The molecule has 1 heterocycles. The second kappa shape index (κ2) is 5.64. The van der Waals surface area contributed by atoms with Crippen LogP contribution in [0.2, 0.25) is 0 Å². The lowest BCUT2D eigenvalue weighted by Crippen LogP contribution is -2.44. The number of rotatable bonds is 2. The maximum absolute atomic E-state index is 14.6. The molecule has 1 aromatic rings. The van der Waals surface area contributed by atoms with Crippen LogP contribution in [0.15, 0.2) is 35.3 Å². The average Bonchev–Trinajstić information content (AvgIpc) is 3.06. The van der Waals surface area contributed by atoms with E-state index < -0.39 is 5.67 Å². The molecule has 0 amide bonds. The lowest BCUT2D eigenvalue weighted by atomic mass is 10.1. The first kappa shape index (κ1) is 14.6. The molecule has 1 aromatic carbocycles. The van der Waals surface area contributed by atoms with Gasteiger partial charge in [0.1, 0.15) is 0 Å². The summed E-state index contributed by atoms with van der Waals surface area (Å²) in [5.74, 6) is 0.835. The molecule has 0 aromatic heterocycles. The van der Waals surface area contributed by atoms with Crippen molar-refractivity contribution in [2.75, 3.05) is 20.1 Å². The fourth-order valence-corrected chi connectivity index (χ4v) is 2.47. The van der Waals surface area contributed by atoms with Gasteiger partial charge in [0, 0.05) is 26.6 Å². The van der Waals surface area contributed by atoms with Crippen LogP contribution in [0.25, 0.3) is 0 Å². The fraction of sp³-hybridized carbons (Fsp3) is 0.500. The number of hydrogen-bond donors (Lipinski definition) is 1. The number of aliphatic imine (C=N–C) groups is 1. The Morgan fingerprint density at radius 3 is 2.79 bits per heavy atom. The summed E-state index contributed by atoms with van der Waals surface area (Å²) in [6.07, 6.45) is 1.61. The average molecular weight is 375 g/mol. The molecule has 5 heteroatoms. The van der Waals surface area contributed by atoms with Crippen LogP contribution in [0.4, 0.5) is 4.39 Å². The molecular weight excluding hydrogens is 356 g/mol. The Morgan fingerprint density at radius 2 is 2.11 bits per heavy atom. The quantitative estimate of drug-likeness (QED) is 0.805. The van der Waals surface area contributed by atoms with Crippen molar-refractivity contribution in [2.45, 2.75) is 24.6 Å². The summed E-state index contributed by atoms with van der Waals surface area (Å²) in [6, 6.07) is 9.25. The van der Waals surface area contributed by atoms with E-state index in [0.29, 0.717) is 6.42 Å². The van der Waals surface area contributed by atoms with Gasteiger partial charge in [-0.15, -0.1) is 24.0 Å². The van der Waals surface area contributed by atoms with E-state index in [0.717, 1.165) is 31.0 Å². The Kier molecular flexibility index (Phi) is 4.32. The van der Waals surface area contributed by atoms with E-state index >= 15 is 0 Å². The summed E-state index contributed by atoms with van der Waals surface area (Å²) in [6.45, 7) is 1.83. The van der Waals surface area contributed by atoms with Crippen LogP contribution in [0.5, 0.6) is 0 Å². The van der Waals surface area contributed by atoms with Gasteiger partial charge in [-0.1, -0.05) is 30.3 Å². The molecule has 104 valence electrons. The number of halogens is 2. The molecule has 0 bridgehead atoms. The normalized spacial score (nSPS) is 29.3. The molecule has 0 saturated heterocycles. The van der Waals surface area contributed by atoms with Gasteiger partial charge >= 0.3 is 0 Å². The Morgan fingerprint density at radius 1 is 1.37 bits per heavy atom. The SMILES string of the molecule is CN1CCCN=C1NC1CC1(F)c1ccccc1.I. The van der Waals surface area contributed by atoms with Gasteiger partial charge in [0.2, 0.25) is 0 Å². The van der Waals surface area contributed by atoms with E-state index in [1.807, 2.05) is 37.4 Å². The van der Waals surface area contributed by atoms with Gasteiger partial charge in [-0.2, -0.15) is 0 Å². The summed E-state index contributed by atoms with van der Waals surface area (Å²) in [5.41, 5.74) is -0.455. The zero-order valence-electron chi connectivity index (χ0n) is 11.0. The van der Waals surface area contributed by atoms with E-state index in [1.165, 1.54) is 0 Å². The zero-order valence-corrected chi connectivity index (χ0v) is 13.3. The number of benzene rings is 1. The molecular formula is C14H19FIN3. The lowest BCUT2D eigenvalue weighted by Gasteiger charge is -2.26. The lowest BCUT2D eigenvalue weighted by molar-refractivity contribution is 0.297. The molecule has 0 spiro atoms. The van der Waals surface area contributed by atoms with Crippen molar-refractivity contribution in [3.05, 3.63) is 35.9 Å². The summed E-state index contributed by atoms with van der Waals surface area (Å²) in [5, 5.41) is 3.23. The zero-order chi connectivity index (χ0) is 12.6. The predicted molar refractivity (Wildman–Crippen MR) is 85.7 cm³/mol. The van der Waals surface area contributed by atoms with Crippen LogP contribution in [0.1, 0.15) is 18.4 Å². The third-order valence-electron chi connectivity index (χ3n) is 3.73. The van der Waals surface area contributed by atoms with Crippen LogP contribution in [0, 0.1) is 0 Å². The molecule has 2 atom stereocenters. The maximum atomic E-state index is 14.6. The second-order valence-corrected chi connectivity index (χ2v) is 5.11. The Hall–Kier alpha value is -0.850. The van der Waals surface area contributed by atoms with Crippen LogP contribution in [0.3, 0.4) is 0 Å². The number of guanidine groups is 1. The minimum Gasteiger partial charge on any atom is -0.350 e. The van der Waals surface area contributed by atoms with E-state index in [9.17, 15) is 4.39 Å². The van der Waals surface area contributed by atoms with Crippen LogP contribution in [-0.2, 0) is 5.67 Å². The van der Waals surface area contributed by atoms with Gasteiger partial charge < -0.3 is 10.2 Å². The van der Waals surface area contributed by atoms with Gasteiger partial charge in [-0.05, 0) is 12.0 Å². The molecule has 1 N–H and O–H groups in total. The summed E-state index contributed by atoms with van der Waals surface area (Å²) >= 11 is 0. The third-order valence-corrected chi connectivity index (χ3v) is 3.73. The standard InChI is InChI=1S/C14H18FN3.HI/c1-18-9-5-8-16-13(18)17-12-10-14(12,15)11-6-3-2-4-7-11;/h2-4,6-7,12H,5,8-10H2,1H3,(H,16,17);1H. The highest BCUT2D eigenvalue weighted by atomic mass is 127. The van der Waals surface area contributed by atoms with E-state index in [4.69, 9.17) is 0 Å². The van der Waals surface area contributed by atoms with Crippen molar-refractivity contribution in [3.8, 4) is 0 Å². The summed E-state index contributed by atoms with van der Waals surface area (Å²) < 4.78 is 14.6. The Balaban J connectivity index is 0.00000133. The monoisotopic (exact) mass is 375 g/mol. The highest BCUT2D eigenvalue weighted by Crippen LogP contribution is 2.49. The highest BCUT2D eigenvalue weighted by Gasteiger charge is 2.57. The predicted octanol–water partition coefficient (Wildman–Crippen LogP) is 2.52. The molecule has 3 rings (SSSR count). The number of alkyl halides is 1. The summed E-state index contributed by atoms with van der Waals surface area (Å²) in [7, 11) is 2.00. The number of nitrogens with one attached hydrogen (secondary N) is 1. The van der Waals surface area contributed by atoms with E-state index in [1.54, 1.807) is 0 Å². The number of nitrogens with zero attached hydrogens (tertiary/aromatic N) is 2. The van der Waals surface area contributed by atoms with Gasteiger partial charge in [0.25, 0.3) is 0 Å². The van der Waals surface area contributed by atoms with Crippen molar-refractivity contribution in [1.29, 1.82) is 0 Å². The van der Waals surface area contributed by atoms with Crippen molar-refractivity contribution in [3.63, 3.8) is 0 Å². The second-order valence-electron chi connectivity index (χ2n) is 5.11. The van der Waals surface area contributed by atoms with E-state index in [2.05, 4.69) is 15.2 Å². The van der Waals surface area contributed by atoms with Gasteiger partial charge in [-0.3, -0.25) is 4.99 Å². The minimum atomic E-state index is -1.22. The first-order valence-corrected chi connectivity index (χ1v) is 6.47. The van der Waals surface area contributed by atoms with Gasteiger partial charge in [0.15, 0.2) is 11.6 Å². The topological polar surface area (TPSA) is 27.6 Å². The van der Waals surface area contributed by atoms with Gasteiger partial charge in [-0.25, -0.2) is 4.39 Å². The maximum Gasteiger partial charge on any atom is 0.194 e. The minimum absolute atomic E-state index is 0. The highest BCUT2D eigenvalue weighted by molar-refractivity contribution is 14.0. The fourth-order valence-electron chi connectivity index (χ4n) is 2.47. The first-order valence-electron chi connectivity index (χ1n) is 6.47. The van der Waals surface area contributed by atoms with Crippen molar-refractivity contribution < 1.29 is 4.39 Å². The molecule has 3 nitrogen and oxygen atoms in total. The van der Waals surface area contributed by atoms with E-state index in [-0.39, 0.29) is 30.0 Å². The summed E-state index contributed by atoms with van der Waals surface area (Å²) in [4.78, 5) is 6.48. The smallest absolute Gasteiger partial charge is 0.194 e. The molecule has 1 aliphatic heterocycles. The van der Waals surface area contributed by atoms with Crippen molar-refractivity contribution in [2.24, 2.45) is 4.99 Å². The Bertz CT molecular complexity index is 465. The molecule has 2 aliphatic rings. The van der Waals surface area contributed by atoms with Gasteiger partial charge in [0.05, 0.1) is 6.04 Å². The molecule has 19 heavy (non-hydrogen) atoms. The first-order chi connectivity index (χ1) is 8.70. The number of hydrogen-bond acceptors (Lipinski definition) is 3. The molecule has 0 radical (unpaired) electrons. The molecule has 1 saturated carbocycles. The largest absolute Gasteiger partial charge is 0.350 e. The third kappa shape index (κ3) is 2.85. The van der Waals surface area contributed by atoms with Crippen molar-refractivity contribution >= 4 is 29.9 Å². The van der Waals surface area contributed by atoms with Crippen LogP contribution in [-0.4, -0.2) is 37.0 Å². The van der Waals surface area contributed by atoms with Crippen LogP contribution >= 0.6 is 24.0 Å². The Labute approximate surface area is 130 Å². The van der Waals surface area contributed by atoms with Crippen LogP contribution < -0.4 is 5.32 Å². The van der Waals surface area contributed by atoms with Crippen molar-refractivity contribution in [1.82, 2.24) is 10.2 Å².